The van der Waals surface area contributed by atoms with Crippen molar-refractivity contribution in [1.29, 1.82) is 0 Å². The van der Waals surface area contributed by atoms with Gasteiger partial charge in [-0.3, -0.25) is 0 Å². The SMILES string of the molecule is CCCCO[C@@H]1[C@@H](OCCCC)[C@@]2(c3ccc(Cl)c(Cc4ccc(OCC)cc4)c3)OC[C@]([C@@H](C)O)(O2)[C@H]1OCCCC. The Kier molecular flexibility index (Phi) is 12.7. The summed E-state index contributed by atoms with van der Waals surface area (Å²) in [5.74, 6) is -0.462. The molecule has 0 aromatic heterocycles. The number of benzene rings is 2. The fourth-order valence-corrected chi connectivity index (χ4v) is 6.13. The third-order valence-electron chi connectivity index (χ3n) is 8.49. The first-order valence-electron chi connectivity index (χ1n) is 16.2. The Morgan fingerprint density at radius 1 is 0.884 bits per heavy atom. The summed E-state index contributed by atoms with van der Waals surface area (Å²) < 4.78 is 39.1. The Balaban J connectivity index is 1.76. The van der Waals surface area contributed by atoms with Gasteiger partial charge in [0.2, 0.25) is 5.79 Å². The second-order valence-corrected chi connectivity index (χ2v) is 12.1. The molecule has 2 aromatic carbocycles. The van der Waals surface area contributed by atoms with Crippen molar-refractivity contribution >= 4 is 11.6 Å². The fraction of sp³-hybridized carbons (Fsp3) is 0.657. The van der Waals surface area contributed by atoms with Crippen molar-refractivity contribution in [1.82, 2.24) is 0 Å². The summed E-state index contributed by atoms with van der Waals surface area (Å²) in [7, 11) is 0. The van der Waals surface area contributed by atoms with Gasteiger partial charge >= 0.3 is 0 Å². The summed E-state index contributed by atoms with van der Waals surface area (Å²) in [6, 6.07) is 14.0. The molecule has 2 aromatic rings. The fourth-order valence-electron chi connectivity index (χ4n) is 5.95. The number of halogens is 1. The molecule has 0 amide bonds. The first-order chi connectivity index (χ1) is 20.8. The van der Waals surface area contributed by atoms with E-state index in [4.69, 9.17) is 40.0 Å². The summed E-state index contributed by atoms with van der Waals surface area (Å²) in [4.78, 5) is 0. The van der Waals surface area contributed by atoms with E-state index in [-0.39, 0.29) is 6.61 Å². The van der Waals surface area contributed by atoms with Crippen molar-refractivity contribution in [2.45, 2.75) is 115 Å². The van der Waals surface area contributed by atoms with Crippen molar-refractivity contribution < 1.29 is 33.5 Å². The van der Waals surface area contributed by atoms with Crippen molar-refractivity contribution in [2.75, 3.05) is 33.0 Å². The molecule has 0 spiro atoms. The van der Waals surface area contributed by atoms with Gasteiger partial charge in [-0.2, -0.15) is 0 Å². The number of unbranched alkanes of at least 4 members (excludes halogenated alkanes) is 3. The monoisotopic (exact) mass is 618 g/mol. The van der Waals surface area contributed by atoms with Crippen LogP contribution in [0.1, 0.15) is 89.8 Å². The number of aliphatic hydroxyl groups excluding tert-OH is 1. The highest BCUT2D eigenvalue weighted by Gasteiger charge is 2.70. The molecule has 2 saturated heterocycles. The van der Waals surface area contributed by atoms with Gasteiger partial charge in [-0.25, -0.2) is 0 Å². The largest absolute Gasteiger partial charge is 0.494 e. The van der Waals surface area contributed by atoms with E-state index in [0.29, 0.717) is 37.9 Å². The lowest BCUT2D eigenvalue weighted by molar-refractivity contribution is -0.355. The van der Waals surface area contributed by atoms with Crippen LogP contribution in [-0.4, -0.2) is 68.2 Å². The number of ether oxygens (including phenoxy) is 6. The maximum absolute atomic E-state index is 11.3. The summed E-state index contributed by atoms with van der Waals surface area (Å²) in [5, 5.41) is 11.9. The van der Waals surface area contributed by atoms with Crippen LogP contribution in [0.3, 0.4) is 0 Å². The molecule has 8 heteroatoms. The van der Waals surface area contributed by atoms with Crippen LogP contribution in [0, 0.1) is 0 Å². The lowest BCUT2D eigenvalue weighted by Crippen LogP contribution is -2.69. The zero-order valence-electron chi connectivity index (χ0n) is 26.6. The first kappa shape index (κ1) is 34.2. The van der Waals surface area contributed by atoms with Gasteiger partial charge in [0, 0.05) is 30.4 Å². The molecule has 6 atom stereocenters. The van der Waals surface area contributed by atoms with E-state index >= 15 is 0 Å². The van der Waals surface area contributed by atoms with Crippen LogP contribution in [-0.2, 0) is 35.9 Å². The van der Waals surface area contributed by atoms with Gasteiger partial charge in [0.15, 0.2) is 0 Å². The van der Waals surface area contributed by atoms with E-state index in [1.165, 1.54) is 0 Å². The highest BCUT2D eigenvalue weighted by molar-refractivity contribution is 6.31. The first-order valence-corrected chi connectivity index (χ1v) is 16.6. The van der Waals surface area contributed by atoms with Crippen molar-refractivity contribution in [3.05, 3.63) is 64.2 Å². The van der Waals surface area contributed by atoms with E-state index in [9.17, 15) is 5.11 Å². The highest BCUT2D eigenvalue weighted by Crippen LogP contribution is 2.54. The molecule has 0 radical (unpaired) electrons. The molecule has 2 aliphatic heterocycles. The predicted octanol–water partition coefficient (Wildman–Crippen LogP) is 7.22. The molecular formula is C35H51ClO7. The van der Waals surface area contributed by atoms with Crippen LogP contribution < -0.4 is 4.74 Å². The van der Waals surface area contributed by atoms with Crippen molar-refractivity contribution in [3.8, 4) is 5.75 Å². The number of hydrogen-bond donors (Lipinski definition) is 1. The summed E-state index contributed by atoms with van der Waals surface area (Å²) in [5.41, 5.74) is 1.72. The molecule has 1 N–H and O–H groups in total. The van der Waals surface area contributed by atoms with Gasteiger partial charge in [0.25, 0.3) is 0 Å². The molecule has 0 aliphatic carbocycles. The lowest BCUT2D eigenvalue weighted by atomic mass is 9.80. The molecule has 2 fully saturated rings. The number of rotatable bonds is 18. The molecule has 2 aliphatic rings. The van der Waals surface area contributed by atoms with E-state index < -0.39 is 35.8 Å². The van der Waals surface area contributed by atoms with Crippen LogP contribution in [0.15, 0.2) is 42.5 Å². The molecule has 2 heterocycles. The summed E-state index contributed by atoms with van der Waals surface area (Å²) in [6.07, 6.45) is 3.75. The molecule has 0 saturated carbocycles. The molecule has 4 rings (SSSR count). The quantitative estimate of drug-likeness (QED) is 0.177. The highest BCUT2D eigenvalue weighted by atomic mass is 35.5. The van der Waals surface area contributed by atoms with Crippen LogP contribution in [0.5, 0.6) is 5.75 Å². The molecule has 240 valence electrons. The smallest absolute Gasteiger partial charge is 0.225 e. The third-order valence-corrected chi connectivity index (χ3v) is 8.86. The van der Waals surface area contributed by atoms with Crippen molar-refractivity contribution in [2.24, 2.45) is 0 Å². The minimum Gasteiger partial charge on any atom is -0.494 e. The molecule has 43 heavy (non-hydrogen) atoms. The second-order valence-electron chi connectivity index (χ2n) is 11.7. The van der Waals surface area contributed by atoms with Gasteiger partial charge in [0.1, 0.15) is 29.7 Å². The Morgan fingerprint density at radius 3 is 2.12 bits per heavy atom. The van der Waals surface area contributed by atoms with Gasteiger partial charge < -0.3 is 33.5 Å². The van der Waals surface area contributed by atoms with Crippen LogP contribution in [0.4, 0.5) is 0 Å². The van der Waals surface area contributed by atoms with E-state index in [0.717, 1.165) is 61.0 Å². The summed E-state index contributed by atoms with van der Waals surface area (Å²) in [6.45, 7) is 12.5. The average molecular weight is 619 g/mol. The average Bonchev–Trinajstić information content (AvgIpc) is 3.37. The van der Waals surface area contributed by atoms with Gasteiger partial charge in [-0.15, -0.1) is 0 Å². The molecule has 0 unspecified atom stereocenters. The molecule has 7 nitrogen and oxygen atoms in total. The van der Waals surface area contributed by atoms with E-state index in [1.54, 1.807) is 6.92 Å². The second kappa shape index (κ2) is 16.0. The standard InChI is InChI=1S/C35H51ClO7/c1-6-10-19-39-31-32(40-20-11-7-2)34(25(5)37)24-42-35(43-34,33(31)41-21-12-8-3)28-15-18-30(36)27(23-28)22-26-13-16-29(17-14-26)38-9-4/h13-18,23,25,31-33,37H,6-12,19-22,24H2,1-5H3/t25-,31+,32+,33-,34-,35+/m1/s1. The Bertz CT molecular complexity index is 1130. The maximum Gasteiger partial charge on any atom is 0.225 e. The Hall–Kier alpha value is -1.71. The lowest BCUT2D eigenvalue weighted by Gasteiger charge is -2.52. The zero-order valence-corrected chi connectivity index (χ0v) is 27.4. The van der Waals surface area contributed by atoms with Gasteiger partial charge in [0.05, 0.1) is 19.3 Å². The van der Waals surface area contributed by atoms with Crippen molar-refractivity contribution in [3.63, 3.8) is 0 Å². The number of hydrogen-bond acceptors (Lipinski definition) is 7. The number of fused-ring (bicyclic) bond motifs is 2. The van der Waals surface area contributed by atoms with Gasteiger partial charge in [-0.1, -0.05) is 69.8 Å². The number of aliphatic hydroxyl groups is 1. The molecule has 2 bridgehead atoms. The van der Waals surface area contributed by atoms with E-state index in [2.05, 4.69) is 39.0 Å². The Morgan fingerprint density at radius 2 is 1.51 bits per heavy atom. The minimum absolute atomic E-state index is 0.152. The topological polar surface area (TPSA) is 75.6 Å². The van der Waals surface area contributed by atoms with Gasteiger partial charge in [-0.05, 0) is 74.9 Å². The zero-order chi connectivity index (χ0) is 30.9. The predicted molar refractivity (Wildman–Crippen MR) is 169 cm³/mol. The summed E-state index contributed by atoms with van der Waals surface area (Å²) >= 11 is 6.77. The normalized spacial score (nSPS) is 27.4. The molecular weight excluding hydrogens is 568 g/mol. The van der Waals surface area contributed by atoms with Crippen LogP contribution in [0.2, 0.25) is 5.02 Å². The van der Waals surface area contributed by atoms with Crippen LogP contribution >= 0.6 is 11.6 Å². The maximum atomic E-state index is 11.3. The minimum atomic E-state index is -1.30. The Labute approximate surface area is 263 Å². The van der Waals surface area contributed by atoms with Crippen LogP contribution in [0.25, 0.3) is 0 Å². The third kappa shape index (κ3) is 7.58. The van der Waals surface area contributed by atoms with E-state index in [1.807, 2.05) is 31.2 Å².